The summed E-state index contributed by atoms with van der Waals surface area (Å²) in [7, 11) is 1.69. The Morgan fingerprint density at radius 1 is 0.905 bits per heavy atom. The van der Waals surface area contributed by atoms with E-state index < -0.39 is 0 Å². The Kier molecular flexibility index (Phi) is 3.87. The van der Waals surface area contributed by atoms with E-state index in [9.17, 15) is 0 Å². The summed E-state index contributed by atoms with van der Waals surface area (Å²) in [6, 6.07) is 18.9. The van der Waals surface area contributed by atoms with Crippen LogP contribution < -0.4 is 4.74 Å². The zero-order valence-corrected chi connectivity index (χ0v) is 12.5. The van der Waals surface area contributed by atoms with Crippen LogP contribution in [0.1, 0.15) is 16.8 Å². The number of methoxy groups -OCH3 is 1. The van der Waals surface area contributed by atoms with Crippen molar-refractivity contribution >= 4 is 10.9 Å². The van der Waals surface area contributed by atoms with Crippen LogP contribution in [-0.2, 0) is 12.8 Å². The van der Waals surface area contributed by atoms with Crippen molar-refractivity contribution in [1.82, 2.24) is 4.98 Å². The molecule has 0 saturated heterocycles. The Morgan fingerprint density at radius 2 is 1.71 bits per heavy atom. The minimum absolute atomic E-state index is 0.872. The lowest BCUT2D eigenvalue weighted by molar-refractivity contribution is 0.415. The van der Waals surface area contributed by atoms with E-state index in [0.29, 0.717) is 0 Å². The summed E-state index contributed by atoms with van der Waals surface area (Å²) in [6.07, 6.45) is 1.99. The highest BCUT2D eigenvalue weighted by molar-refractivity contribution is 5.80. The smallest absolute Gasteiger partial charge is 0.119 e. The van der Waals surface area contributed by atoms with Gasteiger partial charge in [0.05, 0.1) is 12.6 Å². The lowest BCUT2D eigenvalue weighted by Gasteiger charge is -2.05. The van der Waals surface area contributed by atoms with Crippen LogP contribution in [0.25, 0.3) is 10.9 Å². The minimum atomic E-state index is 0.872. The van der Waals surface area contributed by atoms with Gasteiger partial charge in [-0.25, -0.2) is 0 Å². The standard InChI is InChI=1S/C19H19NO/c1-14-3-5-15(6-4-14)7-9-17-10-8-16-13-18(21-2)11-12-19(16)20-17/h3-6,8,10-13H,7,9H2,1-2H3. The predicted octanol–water partition coefficient (Wildman–Crippen LogP) is 4.34. The van der Waals surface area contributed by atoms with Crippen LogP contribution in [0.3, 0.4) is 0 Å². The van der Waals surface area contributed by atoms with Gasteiger partial charge in [0, 0.05) is 11.1 Å². The molecule has 0 amide bonds. The topological polar surface area (TPSA) is 22.1 Å². The summed E-state index contributed by atoms with van der Waals surface area (Å²) < 4.78 is 5.24. The Hall–Kier alpha value is -2.35. The van der Waals surface area contributed by atoms with E-state index >= 15 is 0 Å². The number of aryl methyl sites for hydroxylation is 3. The first-order valence-corrected chi connectivity index (χ1v) is 7.24. The van der Waals surface area contributed by atoms with Gasteiger partial charge in [-0.15, -0.1) is 0 Å². The van der Waals surface area contributed by atoms with Gasteiger partial charge in [0.1, 0.15) is 5.75 Å². The zero-order valence-electron chi connectivity index (χ0n) is 12.5. The Bertz CT molecular complexity index is 747. The fourth-order valence-electron chi connectivity index (χ4n) is 2.44. The minimum Gasteiger partial charge on any atom is -0.497 e. The third-order valence-corrected chi connectivity index (χ3v) is 3.74. The largest absolute Gasteiger partial charge is 0.497 e. The molecule has 2 heteroatoms. The van der Waals surface area contributed by atoms with Crippen LogP contribution in [0.4, 0.5) is 0 Å². The lowest BCUT2D eigenvalue weighted by atomic mass is 10.1. The summed E-state index contributed by atoms with van der Waals surface area (Å²) in [5, 5.41) is 1.12. The average Bonchev–Trinajstić information content (AvgIpc) is 2.53. The zero-order chi connectivity index (χ0) is 14.7. The lowest BCUT2D eigenvalue weighted by Crippen LogP contribution is -1.95. The molecule has 1 aromatic heterocycles. The number of benzene rings is 2. The van der Waals surface area contributed by atoms with Crippen LogP contribution in [0.15, 0.2) is 54.6 Å². The highest BCUT2D eigenvalue weighted by Gasteiger charge is 2.01. The number of aromatic nitrogens is 1. The first-order valence-electron chi connectivity index (χ1n) is 7.24. The van der Waals surface area contributed by atoms with Crippen molar-refractivity contribution in [3.05, 3.63) is 71.4 Å². The van der Waals surface area contributed by atoms with E-state index in [1.165, 1.54) is 11.1 Å². The first kappa shape index (κ1) is 13.6. The van der Waals surface area contributed by atoms with Crippen molar-refractivity contribution in [2.75, 3.05) is 7.11 Å². The molecular weight excluding hydrogens is 258 g/mol. The molecule has 3 aromatic rings. The van der Waals surface area contributed by atoms with Crippen LogP contribution >= 0.6 is 0 Å². The first-order chi connectivity index (χ1) is 10.2. The SMILES string of the molecule is COc1ccc2nc(CCc3ccc(C)cc3)ccc2c1. The van der Waals surface area contributed by atoms with Gasteiger partial charge in [0.2, 0.25) is 0 Å². The van der Waals surface area contributed by atoms with Crippen molar-refractivity contribution in [2.45, 2.75) is 19.8 Å². The van der Waals surface area contributed by atoms with Gasteiger partial charge in [-0.05, 0) is 49.6 Å². The van der Waals surface area contributed by atoms with Crippen LogP contribution in [0, 0.1) is 6.92 Å². The van der Waals surface area contributed by atoms with Crippen molar-refractivity contribution in [1.29, 1.82) is 0 Å². The van der Waals surface area contributed by atoms with Crippen LogP contribution in [0.5, 0.6) is 5.75 Å². The van der Waals surface area contributed by atoms with Gasteiger partial charge in [-0.1, -0.05) is 35.9 Å². The molecule has 0 radical (unpaired) electrons. The molecule has 0 saturated carbocycles. The molecular formula is C19H19NO. The van der Waals surface area contributed by atoms with Gasteiger partial charge >= 0.3 is 0 Å². The van der Waals surface area contributed by atoms with Crippen LogP contribution in [-0.4, -0.2) is 12.1 Å². The number of hydrogen-bond acceptors (Lipinski definition) is 2. The normalized spacial score (nSPS) is 10.8. The molecule has 21 heavy (non-hydrogen) atoms. The summed E-state index contributed by atoms with van der Waals surface area (Å²) in [4.78, 5) is 4.73. The maximum atomic E-state index is 5.24. The van der Waals surface area contributed by atoms with E-state index in [0.717, 1.165) is 35.2 Å². The monoisotopic (exact) mass is 277 g/mol. The quantitative estimate of drug-likeness (QED) is 0.708. The molecule has 0 unspecified atom stereocenters. The maximum Gasteiger partial charge on any atom is 0.119 e. The fraction of sp³-hybridized carbons (Fsp3) is 0.211. The molecule has 106 valence electrons. The van der Waals surface area contributed by atoms with E-state index in [2.05, 4.69) is 43.3 Å². The molecule has 0 N–H and O–H groups in total. The Balaban J connectivity index is 1.76. The second kappa shape index (κ2) is 5.96. The molecule has 0 atom stereocenters. The molecule has 0 spiro atoms. The Morgan fingerprint density at radius 3 is 2.48 bits per heavy atom. The van der Waals surface area contributed by atoms with E-state index in [-0.39, 0.29) is 0 Å². The number of hydrogen-bond donors (Lipinski definition) is 0. The number of rotatable bonds is 4. The molecule has 0 aliphatic rings. The third-order valence-electron chi connectivity index (χ3n) is 3.74. The summed E-state index contributed by atoms with van der Waals surface area (Å²) in [5.74, 6) is 0.872. The molecule has 1 heterocycles. The molecule has 0 aliphatic heterocycles. The second-order valence-corrected chi connectivity index (χ2v) is 5.35. The highest BCUT2D eigenvalue weighted by Crippen LogP contribution is 2.20. The van der Waals surface area contributed by atoms with E-state index in [4.69, 9.17) is 9.72 Å². The Labute approximate surface area is 125 Å². The van der Waals surface area contributed by atoms with Crippen molar-refractivity contribution in [3.63, 3.8) is 0 Å². The average molecular weight is 277 g/mol. The van der Waals surface area contributed by atoms with Gasteiger partial charge in [0.15, 0.2) is 0 Å². The fourth-order valence-corrected chi connectivity index (χ4v) is 2.44. The number of nitrogens with zero attached hydrogens (tertiary/aromatic N) is 1. The third kappa shape index (κ3) is 3.22. The van der Waals surface area contributed by atoms with Gasteiger partial charge in [0.25, 0.3) is 0 Å². The van der Waals surface area contributed by atoms with Gasteiger partial charge in [-0.2, -0.15) is 0 Å². The van der Waals surface area contributed by atoms with Crippen molar-refractivity contribution < 1.29 is 4.74 Å². The van der Waals surface area contributed by atoms with E-state index in [1.807, 2.05) is 18.2 Å². The highest BCUT2D eigenvalue weighted by atomic mass is 16.5. The van der Waals surface area contributed by atoms with Crippen molar-refractivity contribution in [2.24, 2.45) is 0 Å². The second-order valence-electron chi connectivity index (χ2n) is 5.35. The van der Waals surface area contributed by atoms with Crippen LogP contribution in [0.2, 0.25) is 0 Å². The van der Waals surface area contributed by atoms with Gasteiger partial charge in [-0.3, -0.25) is 4.98 Å². The summed E-state index contributed by atoms with van der Waals surface area (Å²) in [6.45, 7) is 2.11. The maximum absolute atomic E-state index is 5.24. The molecule has 2 aromatic carbocycles. The molecule has 0 fully saturated rings. The molecule has 3 rings (SSSR count). The number of ether oxygens (including phenoxy) is 1. The van der Waals surface area contributed by atoms with Crippen molar-refractivity contribution in [3.8, 4) is 5.75 Å². The van der Waals surface area contributed by atoms with Gasteiger partial charge < -0.3 is 4.74 Å². The molecule has 2 nitrogen and oxygen atoms in total. The summed E-state index contributed by atoms with van der Waals surface area (Å²) in [5.41, 5.74) is 4.82. The number of pyridine rings is 1. The predicted molar refractivity (Wildman–Crippen MR) is 86.9 cm³/mol. The molecule has 0 aliphatic carbocycles. The molecule has 0 bridgehead atoms. The number of fused-ring (bicyclic) bond motifs is 1. The van der Waals surface area contributed by atoms with E-state index in [1.54, 1.807) is 7.11 Å². The summed E-state index contributed by atoms with van der Waals surface area (Å²) >= 11 is 0.